The van der Waals surface area contributed by atoms with Crippen molar-refractivity contribution in [3.05, 3.63) is 21.3 Å². The second-order valence-electron chi connectivity index (χ2n) is 5.63. The van der Waals surface area contributed by atoms with Crippen molar-refractivity contribution in [3.8, 4) is 0 Å². The fraction of sp³-hybridized carbons (Fsp3) is 0.714. The van der Waals surface area contributed by atoms with Gasteiger partial charge >= 0.3 is 0 Å². The van der Waals surface area contributed by atoms with Crippen LogP contribution in [0.15, 0.2) is 12.1 Å². The van der Waals surface area contributed by atoms with Crippen LogP contribution in [-0.4, -0.2) is 19.7 Å². The second kappa shape index (κ2) is 5.49. The summed E-state index contributed by atoms with van der Waals surface area (Å²) in [7, 11) is 0. The van der Waals surface area contributed by atoms with Gasteiger partial charge in [-0.2, -0.15) is 0 Å². The lowest BCUT2D eigenvalue weighted by molar-refractivity contribution is 0.0000299. The molecule has 2 fully saturated rings. The van der Waals surface area contributed by atoms with Crippen LogP contribution in [0.1, 0.15) is 43.1 Å². The van der Waals surface area contributed by atoms with E-state index in [2.05, 4.69) is 11.4 Å². The Morgan fingerprint density at radius 2 is 2.11 bits per heavy atom. The molecule has 18 heavy (non-hydrogen) atoms. The van der Waals surface area contributed by atoms with Gasteiger partial charge in [-0.3, -0.25) is 0 Å². The first kappa shape index (κ1) is 12.9. The van der Waals surface area contributed by atoms with Gasteiger partial charge in [-0.05, 0) is 25.0 Å². The van der Waals surface area contributed by atoms with Gasteiger partial charge in [0.2, 0.25) is 0 Å². The Morgan fingerprint density at radius 3 is 2.83 bits per heavy atom. The van der Waals surface area contributed by atoms with E-state index in [1.807, 2.05) is 6.07 Å². The maximum absolute atomic E-state index is 6.18. The maximum atomic E-state index is 6.18. The van der Waals surface area contributed by atoms with E-state index >= 15 is 0 Å². The van der Waals surface area contributed by atoms with Crippen molar-refractivity contribution in [2.75, 3.05) is 19.7 Å². The highest BCUT2D eigenvalue weighted by molar-refractivity contribution is 7.16. The van der Waals surface area contributed by atoms with E-state index < -0.39 is 0 Å². The Morgan fingerprint density at radius 1 is 1.28 bits per heavy atom. The summed E-state index contributed by atoms with van der Waals surface area (Å²) in [6, 6.07) is 4.06. The third-order valence-electron chi connectivity index (χ3n) is 4.25. The van der Waals surface area contributed by atoms with Crippen LogP contribution in [0.25, 0.3) is 0 Å². The lowest BCUT2D eigenvalue weighted by atomic mass is 9.75. The van der Waals surface area contributed by atoms with Crippen molar-refractivity contribution < 1.29 is 4.74 Å². The van der Waals surface area contributed by atoms with Gasteiger partial charge in [0.15, 0.2) is 0 Å². The summed E-state index contributed by atoms with van der Waals surface area (Å²) in [6.07, 6.45) is 6.94. The van der Waals surface area contributed by atoms with E-state index in [-0.39, 0.29) is 6.10 Å². The van der Waals surface area contributed by atoms with Gasteiger partial charge in [0.1, 0.15) is 6.10 Å². The second-order valence-corrected chi connectivity index (χ2v) is 7.38. The number of rotatable bonds is 1. The van der Waals surface area contributed by atoms with Crippen LogP contribution in [0.4, 0.5) is 0 Å². The molecule has 0 bridgehead atoms. The number of nitrogens with one attached hydrogen (secondary N) is 1. The predicted octanol–water partition coefficient (Wildman–Crippen LogP) is 4.01. The molecule has 1 N–H and O–H groups in total. The van der Waals surface area contributed by atoms with E-state index in [4.69, 9.17) is 16.3 Å². The molecule has 1 atom stereocenters. The lowest BCUT2D eigenvalue weighted by Gasteiger charge is -2.35. The molecule has 2 heterocycles. The number of thiophene rings is 1. The van der Waals surface area contributed by atoms with Gasteiger partial charge in [0.25, 0.3) is 0 Å². The third kappa shape index (κ3) is 2.74. The summed E-state index contributed by atoms with van der Waals surface area (Å²) in [4.78, 5) is 1.25. The van der Waals surface area contributed by atoms with E-state index in [0.29, 0.717) is 5.41 Å². The lowest BCUT2D eigenvalue weighted by Crippen LogP contribution is -2.37. The summed E-state index contributed by atoms with van der Waals surface area (Å²) in [6.45, 7) is 2.93. The zero-order chi connectivity index (χ0) is 12.4. The molecule has 1 aromatic heterocycles. The zero-order valence-electron chi connectivity index (χ0n) is 10.6. The number of hydrogen-bond acceptors (Lipinski definition) is 3. The van der Waals surface area contributed by atoms with Gasteiger partial charge in [-0.1, -0.05) is 30.9 Å². The van der Waals surface area contributed by atoms with E-state index in [1.54, 1.807) is 11.3 Å². The largest absolute Gasteiger partial charge is 0.371 e. The van der Waals surface area contributed by atoms with Crippen LogP contribution in [0.2, 0.25) is 4.34 Å². The third-order valence-corrected chi connectivity index (χ3v) is 5.57. The molecule has 4 heteroatoms. The van der Waals surface area contributed by atoms with Crippen LogP contribution < -0.4 is 5.32 Å². The molecule has 1 unspecified atom stereocenters. The van der Waals surface area contributed by atoms with Crippen molar-refractivity contribution in [2.45, 2.75) is 38.2 Å². The van der Waals surface area contributed by atoms with Crippen LogP contribution in [0, 0.1) is 5.41 Å². The van der Waals surface area contributed by atoms with Crippen molar-refractivity contribution in [3.63, 3.8) is 0 Å². The average Bonchev–Trinajstić information content (AvgIpc) is 2.71. The summed E-state index contributed by atoms with van der Waals surface area (Å²) in [5.41, 5.74) is 0.397. The minimum atomic E-state index is 0.184. The first-order chi connectivity index (χ1) is 8.77. The molecule has 3 rings (SSSR count). The summed E-state index contributed by atoms with van der Waals surface area (Å²) < 4.78 is 7.04. The van der Waals surface area contributed by atoms with Crippen molar-refractivity contribution in [1.29, 1.82) is 0 Å². The Bertz CT molecular complexity index is 400. The first-order valence-corrected chi connectivity index (χ1v) is 8.04. The smallest absolute Gasteiger partial charge is 0.104 e. The SMILES string of the molecule is Clc1ccc(C2CNCC3(CCCCC3)CO2)s1. The molecule has 1 aliphatic carbocycles. The monoisotopic (exact) mass is 285 g/mol. The van der Waals surface area contributed by atoms with Gasteiger partial charge in [0.05, 0.1) is 10.9 Å². The minimum absolute atomic E-state index is 0.184. The molecule has 2 aliphatic rings. The number of halogens is 1. The Balaban J connectivity index is 1.68. The molecule has 1 spiro atoms. The molecule has 100 valence electrons. The Kier molecular flexibility index (Phi) is 3.94. The number of ether oxygens (including phenoxy) is 1. The van der Waals surface area contributed by atoms with Crippen LogP contribution >= 0.6 is 22.9 Å². The predicted molar refractivity (Wildman–Crippen MR) is 76.4 cm³/mol. The molecule has 1 aliphatic heterocycles. The Labute approximate surface area is 118 Å². The molecule has 1 saturated carbocycles. The fourth-order valence-corrected chi connectivity index (χ4v) is 4.27. The van der Waals surface area contributed by atoms with E-state index in [9.17, 15) is 0 Å². The normalized spacial score (nSPS) is 28.2. The topological polar surface area (TPSA) is 21.3 Å². The highest BCUT2D eigenvalue weighted by atomic mass is 35.5. The Hall–Kier alpha value is -0.0900. The standard InChI is InChI=1S/C14H20ClNOS/c15-13-5-4-12(18-13)11-8-16-9-14(10-17-11)6-2-1-3-7-14/h4-5,11,16H,1-3,6-10H2. The van der Waals surface area contributed by atoms with Crippen molar-refractivity contribution >= 4 is 22.9 Å². The van der Waals surface area contributed by atoms with Crippen LogP contribution in [0.3, 0.4) is 0 Å². The minimum Gasteiger partial charge on any atom is -0.371 e. The van der Waals surface area contributed by atoms with E-state index in [0.717, 1.165) is 24.0 Å². The average molecular weight is 286 g/mol. The van der Waals surface area contributed by atoms with E-state index in [1.165, 1.54) is 37.0 Å². The molecule has 0 amide bonds. The number of hydrogen-bond donors (Lipinski definition) is 1. The summed E-state index contributed by atoms with van der Waals surface area (Å²) in [5.74, 6) is 0. The molecule has 0 aromatic carbocycles. The highest BCUT2D eigenvalue weighted by Gasteiger charge is 2.35. The zero-order valence-corrected chi connectivity index (χ0v) is 12.2. The van der Waals surface area contributed by atoms with Crippen LogP contribution in [0.5, 0.6) is 0 Å². The first-order valence-electron chi connectivity index (χ1n) is 6.85. The van der Waals surface area contributed by atoms with Crippen molar-refractivity contribution in [2.24, 2.45) is 5.41 Å². The van der Waals surface area contributed by atoms with Crippen LogP contribution in [-0.2, 0) is 4.74 Å². The molecular formula is C14H20ClNOS. The molecule has 2 nitrogen and oxygen atoms in total. The molecular weight excluding hydrogens is 266 g/mol. The summed E-state index contributed by atoms with van der Waals surface area (Å²) in [5, 5.41) is 3.60. The highest BCUT2D eigenvalue weighted by Crippen LogP contribution is 2.39. The van der Waals surface area contributed by atoms with Crippen molar-refractivity contribution in [1.82, 2.24) is 5.32 Å². The molecule has 1 saturated heterocycles. The molecule has 1 aromatic rings. The summed E-state index contributed by atoms with van der Waals surface area (Å²) >= 11 is 7.64. The van der Waals surface area contributed by atoms with Gasteiger partial charge in [0, 0.05) is 23.4 Å². The quantitative estimate of drug-likeness (QED) is 0.842. The fourth-order valence-electron chi connectivity index (χ4n) is 3.16. The van der Waals surface area contributed by atoms with Gasteiger partial charge in [-0.25, -0.2) is 0 Å². The maximum Gasteiger partial charge on any atom is 0.104 e. The van der Waals surface area contributed by atoms with Gasteiger partial charge in [-0.15, -0.1) is 11.3 Å². The van der Waals surface area contributed by atoms with Gasteiger partial charge < -0.3 is 10.1 Å². The molecule has 0 radical (unpaired) electrons.